The third kappa shape index (κ3) is 2.16. The molecule has 3 aromatic rings. The topological polar surface area (TPSA) is 39.2 Å². The van der Waals surface area contributed by atoms with Crippen molar-refractivity contribution in [2.75, 3.05) is 0 Å². The Labute approximate surface area is 112 Å². The van der Waals surface area contributed by atoms with Gasteiger partial charge in [-0.25, -0.2) is 13.2 Å². The van der Waals surface area contributed by atoms with E-state index in [0.717, 1.165) is 18.2 Å². The molecule has 0 saturated heterocycles. The molecule has 0 spiro atoms. The van der Waals surface area contributed by atoms with Crippen LogP contribution in [-0.4, -0.2) is 0 Å². The van der Waals surface area contributed by atoms with Gasteiger partial charge in [0.05, 0.1) is 6.04 Å². The maximum atomic E-state index is 13.5. The minimum absolute atomic E-state index is 0.0785. The lowest BCUT2D eigenvalue weighted by atomic mass is 10.0. The summed E-state index contributed by atoms with van der Waals surface area (Å²) in [7, 11) is 0. The maximum absolute atomic E-state index is 13.5. The molecule has 0 radical (unpaired) electrons. The van der Waals surface area contributed by atoms with Crippen molar-refractivity contribution in [3.8, 4) is 0 Å². The summed E-state index contributed by atoms with van der Waals surface area (Å²) >= 11 is 0. The van der Waals surface area contributed by atoms with Gasteiger partial charge in [-0.05, 0) is 29.8 Å². The van der Waals surface area contributed by atoms with Gasteiger partial charge in [0.1, 0.15) is 17.4 Å². The Morgan fingerprint density at radius 2 is 1.65 bits per heavy atom. The van der Waals surface area contributed by atoms with Gasteiger partial charge in [-0.15, -0.1) is 0 Å². The van der Waals surface area contributed by atoms with Crippen LogP contribution in [0.15, 0.2) is 46.9 Å². The Hall–Kier alpha value is -2.27. The minimum Gasteiger partial charge on any atom is -0.456 e. The highest BCUT2D eigenvalue weighted by atomic mass is 19.1. The zero-order valence-electron chi connectivity index (χ0n) is 10.2. The summed E-state index contributed by atoms with van der Waals surface area (Å²) in [6, 6.07) is 8.18. The SMILES string of the molecule is NC(c1cc(F)cc(F)c1)c1cc2cccc(F)c2o1. The maximum Gasteiger partial charge on any atom is 0.169 e. The first-order valence-electron chi connectivity index (χ1n) is 5.94. The number of fused-ring (bicyclic) bond motifs is 1. The summed E-state index contributed by atoms with van der Waals surface area (Å²) in [4.78, 5) is 0. The molecule has 1 atom stereocenters. The van der Waals surface area contributed by atoms with Gasteiger partial charge in [0.2, 0.25) is 0 Å². The number of halogens is 3. The van der Waals surface area contributed by atoms with Gasteiger partial charge in [-0.1, -0.05) is 12.1 Å². The van der Waals surface area contributed by atoms with Crippen molar-refractivity contribution in [2.45, 2.75) is 6.04 Å². The Bertz CT molecular complexity index is 762. The van der Waals surface area contributed by atoms with Crippen molar-refractivity contribution in [1.29, 1.82) is 0 Å². The van der Waals surface area contributed by atoms with Crippen LogP contribution in [0.25, 0.3) is 11.0 Å². The van der Waals surface area contributed by atoms with Crippen LogP contribution in [0.5, 0.6) is 0 Å². The Balaban J connectivity index is 2.07. The van der Waals surface area contributed by atoms with Crippen molar-refractivity contribution in [2.24, 2.45) is 5.73 Å². The van der Waals surface area contributed by atoms with Gasteiger partial charge in [0, 0.05) is 11.5 Å². The highest BCUT2D eigenvalue weighted by Gasteiger charge is 2.17. The molecule has 0 fully saturated rings. The van der Waals surface area contributed by atoms with Crippen LogP contribution in [-0.2, 0) is 0 Å². The molecule has 0 aliphatic rings. The van der Waals surface area contributed by atoms with Crippen LogP contribution in [0.4, 0.5) is 13.2 Å². The van der Waals surface area contributed by atoms with Crippen LogP contribution < -0.4 is 5.73 Å². The van der Waals surface area contributed by atoms with E-state index in [1.54, 1.807) is 18.2 Å². The van der Waals surface area contributed by atoms with E-state index in [1.165, 1.54) is 6.07 Å². The smallest absolute Gasteiger partial charge is 0.169 e. The number of hydrogen-bond donors (Lipinski definition) is 1. The lowest BCUT2D eigenvalue weighted by Crippen LogP contribution is -2.11. The predicted octanol–water partition coefficient (Wildman–Crippen LogP) is 3.90. The fourth-order valence-electron chi connectivity index (χ4n) is 2.12. The Kier molecular flexibility index (Phi) is 2.99. The Morgan fingerprint density at radius 3 is 2.30 bits per heavy atom. The van der Waals surface area contributed by atoms with Crippen molar-refractivity contribution in [3.05, 3.63) is 71.2 Å². The summed E-state index contributed by atoms with van der Waals surface area (Å²) in [6.45, 7) is 0. The molecule has 0 amide bonds. The van der Waals surface area contributed by atoms with Crippen LogP contribution in [0.1, 0.15) is 17.4 Å². The van der Waals surface area contributed by atoms with Crippen molar-refractivity contribution in [1.82, 2.24) is 0 Å². The van der Waals surface area contributed by atoms with Gasteiger partial charge in [-0.2, -0.15) is 0 Å². The highest BCUT2D eigenvalue weighted by molar-refractivity contribution is 5.78. The number of hydrogen-bond acceptors (Lipinski definition) is 2. The van der Waals surface area contributed by atoms with Crippen LogP contribution in [0.3, 0.4) is 0 Å². The van der Waals surface area contributed by atoms with Crippen LogP contribution in [0, 0.1) is 17.5 Å². The van der Waals surface area contributed by atoms with Gasteiger partial charge in [0.25, 0.3) is 0 Å². The summed E-state index contributed by atoms with van der Waals surface area (Å²) in [5.41, 5.74) is 6.22. The van der Waals surface area contributed by atoms with Gasteiger partial charge >= 0.3 is 0 Å². The zero-order valence-corrected chi connectivity index (χ0v) is 10.2. The van der Waals surface area contributed by atoms with E-state index in [9.17, 15) is 13.2 Å². The lowest BCUT2D eigenvalue weighted by molar-refractivity contribution is 0.499. The molecule has 102 valence electrons. The monoisotopic (exact) mass is 277 g/mol. The fourth-order valence-corrected chi connectivity index (χ4v) is 2.12. The number of furan rings is 1. The van der Waals surface area contributed by atoms with E-state index in [0.29, 0.717) is 5.39 Å². The molecule has 2 nitrogen and oxygen atoms in total. The molecule has 1 aromatic heterocycles. The normalized spacial score (nSPS) is 12.8. The molecular weight excluding hydrogens is 267 g/mol. The molecule has 3 rings (SSSR count). The molecule has 0 aliphatic carbocycles. The summed E-state index contributed by atoms with van der Waals surface area (Å²) < 4.78 is 45.3. The van der Waals surface area contributed by atoms with Crippen LogP contribution in [0.2, 0.25) is 0 Å². The van der Waals surface area contributed by atoms with E-state index in [-0.39, 0.29) is 16.9 Å². The molecule has 2 aromatic carbocycles. The Morgan fingerprint density at radius 1 is 0.950 bits per heavy atom. The third-order valence-corrected chi connectivity index (χ3v) is 3.07. The second-order valence-electron chi connectivity index (χ2n) is 4.49. The van der Waals surface area contributed by atoms with Gasteiger partial charge < -0.3 is 10.2 Å². The molecule has 5 heteroatoms. The van der Waals surface area contributed by atoms with Crippen molar-refractivity contribution >= 4 is 11.0 Å². The largest absolute Gasteiger partial charge is 0.456 e. The lowest BCUT2D eigenvalue weighted by Gasteiger charge is -2.09. The second-order valence-corrected chi connectivity index (χ2v) is 4.49. The summed E-state index contributed by atoms with van der Waals surface area (Å²) in [6.07, 6.45) is 0. The predicted molar refractivity (Wildman–Crippen MR) is 68.6 cm³/mol. The number of nitrogens with two attached hydrogens (primary N) is 1. The van der Waals surface area contributed by atoms with Gasteiger partial charge in [0.15, 0.2) is 11.4 Å². The van der Waals surface area contributed by atoms with E-state index in [4.69, 9.17) is 10.2 Å². The first kappa shape index (κ1) is 12.7. The minimum atomic E-state index is -0.869. The summed E-state index contributed by atoms with van der Waals surface area (Å²) in [5, 5.41) is 0.548. The first-order valence-corrected chi connectivity index (χ1v) is 5.94. The average molecular weight is 277 g/mol. The number of rotatable bonds is 2. The summed E-state index contributed by atoms with van der Waals surface area (Å²) in [5.74, 6) is -1.71. The van der Waals surface area contributed by atoms with E-state index < -0.39 is 23.5 Å². The highest BCUT2D eigenvalue weighted by Crippen LogP contribution is 2.28. The number of para-hydroxylation sites is 1. The molecule has 0 bridgehead atoms. The molecule has 0 aliphatic heterocycles. The molecule has 1 unspecified atom stereocenters. The van der Waals surface area contributed by atoms with E-state index in [1.807, 2.05) is 0 Å². The first-order chi connectivity index (χ1) is 9.54. The van der Waals surface area contributed by atoms with Crippen molar-refractivity contribution in [3.63, 3.8) is 0 Å². The van der Waals surface area contributed by atoms with Crippen molar-refractivity contribution < 1.29 is 17.6 Å². The average Bonchev–Trinajstić information content (AvgIpc) is 2.82. The van der Waals surface area contributed by atoms with Crippen LogP contribution >= 0.6 is 0 Å². The quantitative estimate of drug-likeness (QED) is 0.771. The molecule has 0 saturated carbocycles. The second kappa shape index (κ2) is 4.68. The molecule has 2 N–H and O–H groups in total. The number of benzene rings is 2. The fraction of sp³-hybridized carbons (Fsp3) is 0.0667. The molecule has 1 heterocycles. The third-order valence-electron chi connectivity index (χ3n) is 3.07. The molecular formula is C15H10F3NO. The van der Waals surface area contributed by atoms with E-state index in [2.05, 4.69) is 0 Å². The van der Waals surface area contributed by atoms with E-state index >= 15 is 0 Å². The molecule has 20 heavy (non-hydrogen) atoms. The zero-order chi connectivity index (χ0) is 14.3. The standard InChI is InChI=1S/C15H10F3NO/c16-10-4-9(5-11(17)7-10)14(19)13-6-8-2-1-3-12(18)15(8)20-13/h1-7,14H,19H2. The van der Waals surface area contributed by atoms with Gasteiger partial charge in [-0.3, -0.25) is 0 Å².